The van der Waals surface area contributed by atoms with Crippen LogP contribution >= 0.6 is 0 Å². The molecule has 0 saturated carbocycles. The maximum Gasteiger partial charge on any atom is 0.326 e. The van der Waals surface area contributed by atoms with Crippen molar-refractivity contribution in [1.82, 2.24) is 19.8 Å². The number of aryl methyl sites for hydroxylation is 1. The van der Waals surface area contributed by atoms with Gasteiger partial charge in [-0.25, -0.2) is 4.79 Å². The average Bonchev–Trinajstić information content (AvgIpc) is 3.07. The summed E-state index contributed by atoms with van der Waals surface area (Å²) in [4.78, 5) is 17.2. The summed E-state index contributed by atoms with van der Waals surface area (Å²) >= 11 is 0. The molecule has 0 aliphatic carbocycles. The number of fused-ring (bicyclic) bond motifs is 1. The number of aromatic amines is 1. The normalized spacial score (nSPS) is 18.9. The number of aromatic nitrogens is 2. The van der Waals surface area contributed by atoms with Crippen molar-refractivity contribution in [1.29, 1.82) is 0 Å². The summed E-state index contributed by atoms with van der Waals surface area (Å²) in [5.74, 6) is 0. The van der Waals surface area contributed by atoms with Crippen LogP contribution in [-0.4, -0.2) is 47.2 Å². The molecular formula is C16H24N4O. The molecule has 3 rings (SSSR count). The number of nitrogens with zero attached hydrogens (tertiary/aromatic N) is 2. The van der Waals surface area contributed by atoms with E-state index in [-0.39, 0.29) is 5.69 Å². The highest BCUT2D eigenvalue weighted by Gasteiger charge is 2.15. The maximum absolute atomic E-state index is 12.0. The molecule has 0 bridgehead atoms. The number of H-pyrrole nitrogens is 1. The van der Waals surface area contributed by atoms with E-state index in [0.717, 1.165) is 43.6 Å². The van der Waals surface area contributed by atoms with Crippen LogP contribution in [0.15, 0.2) is 29.1 Å². The Morgan fingerprint density at radius 3 is 3.05 bits per heavy atom. The summed E-state index contributed by atoms with van der Waals surface area (Å²) in [6, 6.07) is 8.52. The fraction of sp³-hybridized carbons (Fsp3) is 0.562. The molecule has 5 nitrogen and oxygen atoms in total. The fourth-order valence-electron chi connectivity index (χ4n) is 3.21. The minimum absolute atomic E-state index is 0.00341. The van der Waals surface area contributed by atoms with E-state index in [0.29, 0.717) is 6.04 Å². The smallest absolute Gasteiger partial charge is 0.313 e. The first kappa shape index (κ1) is 14.4. The molecule has 2 heterocycles. The van der Waals surface area contributed by atoms with E-state index in [1.165, 1.54) is 12.8 Å². The van der Waals surface area contributed by atoms with Crippen LogP contribution in [0, 0.1) is 0 Å². The molecule has 2 N–H and O–H groups in total. The largest absolute Gasteiger partial charge is 0.326 e. The highest BCUT2D eigenvalue weighted by molar-refractivity contribution is 5.74. The molecule has 1 atom stereocenters. The lowest BCUT2D eigenvalue weighted by Crippen LogP contribution is -2.36. The third-order valence-corrected chi connectivity index (χ3v) is 4.30. The number of hydrogen-bond acceptors (Lipinski definition) is 3. The van der Waals surface area contributed by atoms with Gasteiger partial charge in [0.1, 0.15) is 0 Å². The molecule has 1 saturated heterocycles. The zero-order chi connectivity index (χ0) is 14.7. The third-order valence-electron chi connectivity index (χ3n) is 4.30. The summed E-state index contributed by atoms with van der Waals surface area (Å²) in [6.07, 6.45) is 3.57. The van der Waals surface area contributed by atoms with Crippen molar-refractivity contribution in [3.05, 3.63) is 34.7 Å². The molecule has 1 aliphatic rings. The highest BCUT2D eigenvalue weighted by atomic mass is 16.1. The zero-order valence-electron chi connectivity index (χ0n) is 12.6. The molecule has 114 valence electrons. The Labute approximate surface area is 125 Å². The highest BCUT2D eigenvalue weighted by Crippen LogP contribution is 2.10. The van der Waals surface area contributed by atoms with E-state index in [1.54, 1.807) is 0 Å². The molecule has 0 spiro atoms. The van der Waals surface area contributed by atoms with Gasteiger partial charge in [-0.3, -0.25) is 4.57 Å². The van der Waals surface area contributed by atoms with Crippen molar-refractivity contribution in [2.24, 2.45) is 0 Å². The van der Waals surface area contributed by atoms with Gasteiger partial charge in [0.15, 0.2) is 0 Å². The predicted molar refractivity (Wildman–Crippen MR) is 85.7 cm³/mol. The molecule has 2 aromatic rings. The Balaban J connectivity index is 1.54. The van der Waals surface area contributed by atoms with E-state index in [1.807, 2.05) is 28.8 Å². The number of benzene rings is 1. The van der Waals surface area contributed by atoms with Gasteiger partial charge >= 0.3 is 5.69 Å². The van der Waals surface area contributed by atoms with E-state index in [9.17, 15) is 4.79 Å². The van der Waals surface area contributed by atoms with Crippen LogP contribution in [-0.2, 0) is 6.54 Å². The first-order chi connectivity index (χ1) is 10.2. The first-order valence-corrected chi connectivity index (χ1v) is 7.83. The van der Waals surface area contributed by atoms with Crippen LogP contribution in [0.2, 0.25) is 0 Å². The maximum atomic E-state index is 12.0. The van der Waals surface area contributed by atoms with Crippen molar-refractivity contribution in [3.63, 3.8) is 0 Å². The molecule has 0 amide bonds. The first-order valence-electron chi connectivity index (χ1n) is 7.83. The lowest BCUT2D eigenvalue weighted by Gasteiger charge is -2.21. The van der Waals surface area contributed by atoms with Crippen molar-refractivity contribution >= 4 is 11.0 Å². The van der Waals surface area contributed by atoms with E-state index < -0.39 is 0 Å². The second-order valence-corrected chi connectivity index (χ2v) is 6.01. The molecule has 1 aromatic heterocycles. The summed E-state index contributed by atoms with van der Waals surface area (Å²) in [7, 11) is 2.16. The van der Waals surface area contributed by atoms with Gasteiger partial charge < -0.3 is 15.2 Å². The van der Waals surface area contributed by atoms with Crippen molar-refractivity contribution in [2.45, 2.75) is 31.8 Å². The monoisotopic (exact) mass is 288 g/mol. The lowest BCUT2D eigenvalue weighted by atomic mass is 10.2. The molecule has 1 aromatic carbocycles. The Morgan fingerprint density at radius 2 is 2.24 bits per heavy atom. The average molecular weight is 288 g/mol. The Hall–Kier alpha value is -1.59. The van der Waals surface area contributed by atoms with Gasteiger partial charge in [0.05, 0.1) is 11.0 Å². The van der Waals surface area contributed by atoms with Gasteiger partial charge in [-0.1, -0.05) is 12.1 Å². The Kier molecular flexibility index (Phi) is 4.41. The number of imidazole rings is 1. The minimum atomic E-state index is -0.00341. The summed E-state index contributed by atoms with van der Waals surface area (Å²) in [6.45, 7) is 4.04. The number of rotatable bonds is 6. The van der Waals surface area contributed by atoms with Gasteiger partial charge in [0.25, 0.3) is 0 Å². The second-order valence-electron chi connectivity index (χ2n) is 6.01. The van der Waals surface area contributed by atoms with Gasteiger partial charge in [0, 0.05) is 19.1 Å². The Morgan fingerprint density at radius 1 is 1.38 bits per heavy atom. The van der Waals surface area contributed by atoms with Crippen LogP contribution in [0.3, 0.4) is 0 Å². The molecule has 1 aliphatic heterocycles. The number of hydrogen-bond donors (Lipinski definition) is 2. The topological polar surface area (TPSA) is 53.1 Å². The lowest BCUT2D eigenvalue weighted by molar-refractivity contribution is 0.291. The van der Waals surface area contributed by atoms with Gasteiger partial charge in [-0.2, -0.15) is 0 Å². The fourth-order valence-corrected chi connectivity index (χ4v) is 3.21. The van der Waals surface area contributed by atoms with Crippen molar-refractivity contribution in [2.75, 3.05) is 26.7 Å². The van der Waals surface area contributed by atoms with Crippen LogP contribution < -0.4 is 11.0 Å². The van der Waals surface area contributed by atoms with Crippen LogP contribution in [0.1, 0.15) is 19.3 Å². The number of nitrogens with one attached hydrogen (secondary N) is 2. The van der Waals surface area contributed by atoms with E-state index in [2.05, 4.69) is 22.2 Å². The molecule has 1 fully saturated rings. The molecular weight excluding hydrogens is 264 g/mol. The standard InChI is InChI=1S/C16H24N4O/c1-19(12-13-6-4-9-17-13)10-5-11-20-15-8-3-2-7-14(15)18-16(20)21/h2-3,7-8,13,17H,4-6,9-12H2,1H3,(H,18,21). The van der Waals surface area contributed by atoms with Crippen molar-refractivity contribution in [3.8, 4) is 0 Å². The predicted octanol–water partition coefficient (Wildman–Crippen LogP) is 1.40. The van der Waals surface area contributed by atoms with Crippen LogP contribution in [0.5, 0.6) is 0 Å². The summed E-state index contributed by atoms with van der Waals surface area (Å²) in [5, 5.41) is 3.52. The SMILES string of the molecule is CN(CCCn1c(=O)[nH]c2ccccc21)CC1CCCN1. The second kappa shape index (κ2) is 6.45. The number of likely N-dealkylation sites (N-methyl/N-ethyl adjacent to an activating group) is 1. The minimum Gasteiger partial charge on any atom is -0.313 e. The quantitative estimate of drug-likeness (QED) is 0.845. The summed E-state index contributed by atoms with van der Waals surface area (Å²) < 4.78 is 1.84. The molecule has 5 heteroatoms. The van der Waals surface area contributed by atoms with E-state index >= 15 is 0 Å². The molecule has 0 radical (unpaired) electrons. The van der Waals surface area contributed by atoms with Gasteiger partial charge in [-0.15, -0.1) is 0 Å². The third kappa shape index (κ3) is 3.36. The van der Waals surface area contributed by atoms with Gasteiger partial charge in [-0.05, 0) is 51.5 Å². The van der Waals surface area contributed by atoms with Gasteiger partial charge in [0.2, 0.25) is 0 Å². The zero-order valence-corrected chi connectivity index (χ0v) is 12.6. The Bertz CT molecular complexity index is 639. The van der Waals surface area contributed by atoms with Crippen LogP contribution in [0.4, 0.5) is 0 Å². The van der Waals surface area contributed by atoms with Crippen molar-refractivity contribution < 1.29 is 0 Å². The number of para-hydroxylation sites is 2. The summed E-state index contributed by atoms with van der Waals surface area (Å²) in [5.41, 5.74) is 1.92. The molecule has 1 unspecified atom stereocenters. The van der Waals surface area contributed by atoms with E-state index in [4.69, 9.17) is 0 Å². The van der Waals surface area contributed by atoms with Crippen LogP contribution in [0.25, 0.3) is 11.0 Å². The molecule has 21 heavy (non-hydrogen) atoms.